The number of aliphatic hydroxyl groups excluding tert-OH is 1. The Morgan fingerprint density at radius 3 is 2.75 bits per heavy atom. The smallest absolute Gasteiger partial charge is 0.319 e. The van der Waals surface area contributed by atoms with Crippen molar-refractivity contribution < 1.29 is 14.8 Å². The van der Waals surface area contributed by atoms with E-state index in [1.54, 1.807) is 0 Å². The molecule has 110 valence electrons. The van der Waals surface area contributed by atoms with Crippen LogP contribution in [0, 0.1) is 13.7 Å². The maximum absolute atomic E-state index is 11.7. The summed E-state index contributed by atoms with van der Waals surface area (Å²) in [5.74, 6) is 0. The van der Waals surface area contributed by atoms with E-state index in [0.717, 1.165) is 0 Å². The molecule has 0 bridgehead atoms. The van der Waals surface area contributed by atoms with Gasteiger partial charge in [0.1, 0.15) is 0 Å². The first-order chi connectivity index (χ1) is 9.47. The van der Waals surface area contributed by atoms with Crippen LogP contribution in [0.4, 0.5) is 16.2 Å². The summed E-state index contributed by atoms with van der Waals surface area (Å²) in [6, 6.07) is 3.87. The Morgan fingerprint density at radius 2 is 2.25 bits per heavy atom. The highest BCUT2D eigenvalue weighted by Gasteiger charge is 2.14. The lowest BCUT2D eigenvalue weighted by Crippen LogP contribution is -2.38. The second-order valence-corrected chi connectivity index (χ2v) is 5.30. The fourth-order valence-corrected chi connectivity index (χ4v) is 2.33. The van der Waals surface area contributed by atoms with Crippen molar-refractivity contribution in [1.82, 2.24) is 5.32 Å². The number of carbonyl (C=O) groups excluding carboxylic acids is 1. The fraction of sp³-hybridized carbons (Fsp3) is 0.417. The average molecular weight is 393 g/mol. The number of carbonyl (C=O) groups is 1. The van der Waals surface area contributed by atoms with Crippen LogP contribution in [0.3, 0.4) is 0 Å². The molecular weight excluding hydrogens is 377 g/mol. The van der Waals surface area contributed by atoms with Crippen LogP contribution in [0.1, 0.15) is 19.8 Å². The Hall–Kier alpha value is -1.42. The molecule has 0 aromatic heterocycles. The Balaban J connectivity index is 2.66. The van der Waals surface area contributed by atoms with E-state index in [1.165, 1.54) is 18.2 Å². The van der Waals surface area contributed by atoms with Crippen LogP contribution >= 0.6 is 22.6 Å². The molecule has 0 aliphatic rings. The molecule has 0 heterocycles. The van der Waals surface area contributed by atoms with Crippen LogP contribution in [0.15, 0.2) is 18.2 Å². The molecular formula is C12H16IN3O4. The molecule has 2 amide bonds. The van der Waals surface area contributed by atoms with Gasteiger partial charge < -0.3 is 15.7 Å². The van der Waals surface area contributed by atoms with Crippen LogP contribution in [0.5, 0.6) is 0 Å². The number of halogens is 1. The van der Waals surface area contributed by atoms with Crippen LogP contribution < -0.4 is 10.6 Å². The number of aliphatic hydroxyl groups is 1. The van der Waals surface area contributed by atoms with Crippen molar-refractivity contribution in [3.8, 4) is 0 Å². The zero-order valence-corrected chi connectivity index (χ0v) is 13.1. The Morgan fingerprint density at radius 1 is 1.55 bits per heavy atom. The standard InChI is InChI=1S/C12H16IN3O4/c1-2-8(5-6-17)14-12(18)15-9-3-4-11(16(19)20)10(13)7-9/h3-4,7-8,17H,2,5-6H2,1H3,(H2,14,15,18). The van der Waals surface area contributed by atoms with Gasteiger partial charge in [0.2, 0.25) is 0 Å². The SMILES string of the molecule is CCC(CCO)NC(=O)Nc1ccc([N+](=O)[O-])c(I)c1. The van der Waals surface area contributed by atoms with Crippen molar-refractivity contribution in [2.45, 2.75) is 25.8 Å². The lowest BCUT2D eigenvalue weighted by Gasteiger charge is -2.16. The minimum absolute atomic E-state index is 0.00303. The number of nitro benzene ring substituents is 1. The predicted octanol–water partition coefficient (Wildman–Crippen LogP) is 2.48. The van der Waals surface area contributed by atoms with Gasteiger partial charge in [-0.1, -0.05) is 6.92 Å². The molecule has 8 heteroatoms. The third-order valence-corrected chi connectivity index (χ3v) is 3.57. The van der Waals surface area contributed by atoms with Gasteiger partial charge in [0.25, 0.3) is 5.69 Å². The lowest BCUT2D eigenvalue weighted by atomic mass is 10.2. The number of hydrogen-bond donors (Lipinski definition) is 3. The molecule has 3 N–H and O–H groups in total. The van der Waals surface area contributed by atoms with E-state index in [9.17, 15) is 14.9 Å². The highest BCUT2D eigenvalue weighted by Crippen LogP contribution is 2.24. The van der Waals surface area contributed by atoms with Crippen molar-refractivity contribution in [3.63, 3.8) is 0 Å². The Bertz CT molecular complexity index is 496. The molecule has 0 radical (unpaired) electrons. The highest BCUT2D eigenvalue weighted by atomic mass is 127. The number of rotatable bonds is 6. The molecule has 1 atom stereocenters. The van der Waals surface area contributed by atoms with Crippen LogP contribution in [-0.4, -0.2) is 28.7 Å². The minimum Gasteiger partial charge on any atom is -0.396 e. The molecule has 0 fully saturated rings. The van der Waals surface area contributed by atoms with Crippen molar-refractivity contribution >= 4 is 40.0 Å². The van der Waals surface area contributed by atoms with Gasteiger partial charge in [0, 0.05) is 24.4 Å². The van der Waals surface area contributed by atoms with E-state index >= 15 is 0 Å². The van der Waals surface area contributed by atoms with Crippen molar-refractivity contribution in [1.29, 1.82) is 0 Å². The molecule has 0 spiro atoms. The quantitative estimate of drug-likeness (QED) is 0.392. The van der Waals surface area contributed by atoms with Crippen molar-refractivity contribution in [2.24, 2.45) is 0 Å². The molecule has 1 aromatic rings. The summed E-state index contributed by atoms with van der Waals surface area (Å²) in [7, 11) is 0. The van der Waals surface area contributed by atoms with Crippen molar-refractivity contribution in [2.75, 3.05) is 11.9 Å². The first kappa shape index (κ1) is 16.6. The topological polar surface area (TPSA) is 104 Å². The normalized spacial score (nSPS) is 11.8. The predicted molar refractivity (Wildman–Crippen MR) is 83.7 cm³/mol. The van der Waals surface area contributed by atoms with E-state index in [4.69, 9.17) is 5.11 Å². The Kier molecular flexibility index (Phi) is 6.65. The maximum Gasteiger partial charge on any atom is 0.319 e. The number of hydrogen-bond acceptors (Lipinski definition) is 4. The lowest BCUT2D eigenvalue weighted by molar-refractivity contribution is -0.385. The first-order valence-corrected chi connectivity index (χ1v) is 7.18. The van der Waals surface area contributed by atoms with Crippen LogP contribution in [-0.2, 0) is 0 Å². The van der Waals surface area contributed by atoms with E-state index in [2.05, 4.69) is 10.6 Å². The largest absolute Gasteiger partial charge is 0.396 e. The third-order valence-electron chi connectivity index (χ3n) is 2.71. The van der Waals surface area contributed by atoms with Crippen LogP contribution in [0.25, 0.3) is 0 Å². The van der Waals surface area contributed by atoms with Gasteiger partial charge in [-0.25, -0.2) is 4.79 Å². The van der Waals surface area contributed by atoms with Gasteiger partial charge in [-0.15, -0.1) is 0 Å². The summed E-state index contributed by atoms with van der Waals surface area (Å²) >= 11 is 1.85. The number of nitrogens with one attached hydrogen (secondary N) is 2. The number of urea groups is 1. The molecule has 0 aliphatic carbocycles. The molecule has 20 heavy (non-hydrogen) atoms. The third kappa shape index (κ3) is 4.93. The average Bonchev–Trinajstić information content (AvgIpc) is 2.37. The summed E-state index contributed by atoms with van der Waals surface area (Å²) in [4.78, 5) is 22.0. The highest BCUT2D eigenvalue weighted by molar-refractivity contribution is 14.1. The number of anilines is 1. The zero-order chi connectivity index (χ0) is 15.1. The molecule has 0 saturated carbocycles. The van der Waals surface area contributed by atoms with E-state index in [-0.39, 0.29) is 18.3 Å². The molecule has 7 nitrogen and oxygen atoms in total. The van der Waals surface area contributed by atoms with Gasteiger partial charge in [-0.2, -0.15) is 0 Å². The second kappa shape index (κ2) is 8.00. The fourth-order valence-electron chi connectivity index (χ4n) is 1.62. The number of nitrogens with zero attached hydrogens (tertiary/aromatic N) is 1. The van der Waals surface area contributed by atoms with Gasteiger partial charge in [0.05, 0.1) is 8.49 Å². The van der Waals surface area contributed by atoms with Gasteiger partial charge in [-0.3, -0.25) is 10.1 Å². The molecule has 1 unspecified atom stereocenters. The summed E-state index contributed by atoms with van der Waals surface area (Å²) in [6.45, 7) is 1.92. The van der Waals surface area contributed by atoms with Gasteiger partial charge in [-0.05, 0) is 47.6 Å². The van der Waals surface area contributed by atoms with Crippen molar-refractivity contribution in [3.05, 3.63) is 31.9 Å². The van der Waals surface area contributed by atoms with E-state index in [0.29, 0.717) is 22.1 Å². The van der Waals surface area contributed by atoms with Gasteiger partial charge >= 0.3 is 6.03 Å². The maximum atomic E-state index is 11.7. The van der Waals surface area contributed by atoms with Gasteiger partial charge in [0.15, 0.2) is 0 Å². The number of benzene rings is 1. The summed E-state index contributed by atoms with van der Waals surface area (Å²) < 4.78 is 0.452. The molecule has 0 aliphatic heterocycles. The van der Waals surface area contributed by atoms with E-state index < -0.39 is 11.0 Å². The molecule has 1 aromatic carbocycles. The summed E-state index contributed by atoms with van der Waals surface area (Å²) in [5, 5.41) is 24.9. The zero-order valence-electron chi connectivity index (χ0n) is 10.9. The molecule has 1 rings (SSSR count). The second-order valence-electron chi connectivity index (χ2n) is 4.14. The first-order valence-electron chi connectivity index (χ1n) is 6.10. The number of amides is 2. The number of nitro groups is 1. The Labute approximate surface area is 130 Å². The summed E-state index contributed by atoms with van der Waals surface area (Å²) in [5.41, 5.74) is 0.486. The monoisotopic (exact) mass is 393 g/mol. The molecule has 0 saturated heterocycles. The summed E-state index contributed by atoms with van der Waals surface area (Å²) in [6.07, 6.45) is 1.20. The van der Waals surface area contributed by atoms with Crippen LogP contribution in [0.2, 0.25) is 0 Å². The minimum atomic E-state index is -0.472. The van der Waals surface area contributed by atoms with E-state index in [1.807, 2.05) is 29.5 Å².